The van der Waals surface area contributed by atoms with Gasteiger partial charge in [-0.1, -0.05) is 0 Å². The van der Waals surface area contributed by atoms with Crippen molar-refractivity contribution < 1.29 is 43.3 Å². The fourth-order valence-electron chi connectivity index (χ4n) is 4.37. The summed E-state index contributed by atoms with van der Waals surface area (Å²) in [5, 5.41) is 6.27. The normalized spacial score (nSPS) is 16.4. The van der Waals surface area contributed by atoms with Crippen LogP contribution in [0.25, 0.3) is 11.3 Å². The van der Waals surface area contributed by atoms with Crippen LogP contribution in [-0.2, 0) is 6.61 Å². The van der Waals surface area contributed by atoms with Crippen molar-refractivity contribution in [1.29, 1.82) is 0 Å². The summed E-state index contributed by atoms with van der Waals surface area (Å²) in [5.74, 6) is 0.627. The first-order valence-electron chi connectivity index (χ1n) is 11.2. The number of anilines is 2. The first-order valence-corrected chi connectivity index (χ1v) is 13.4. The summed E-state index contributed by atoms with van der Waals surface area (Å²) in [6, 6.07) is 14.2. The van der Waals surface area contributed by atoms with Crippen molar-refractivity contribution in [1.82, 2.24) is 15.3 Å². The second kappa shape index (κ2) is 9.34. The number of rotatable bonds is 3. The molecule has 1 amide bonds. The van der Waals surface area contributed by atoms with Gasteiger partial charge in [-0.15, -0.1) is 0 Å². The van der Waals surface area contributed by atoms with Crippen molar-refractivity contribution in [2.75, 3.05) is 19.0 Å². The number of carbonyl (C=O) groups is 1. The molecule has 8 nitrogen and oxygen atoms in total. The molecule has 0 saturated carbocycles. The molecule has 2 aliphatic heterocycles. The predicted molar refractivity (Wildman–Crippen MR) is 127 cm³/mol. The standard InChI is InChI=1S/C26H21FIN4O4/c1-34-25-16(27)6-4-7-18(25)31-24-21-23-17(11-30-26(21)33)28-36-19-8-3-2-5-14(19)13-35-20-12-29-10-9-15(20)22(24)32-23/h2-10,12,17,31-32H,11,13H2,1H3,(H,30,33)/q-1/t17-/m0/s1. The van der Waals surface area contributed by atoms with E-state index in [9.17, 15) is 9.18 Å². The molecule has 36 heavy (non-hydrogen) atoms. The number of alkyl halides is 1. The van der Waals surface area contributed by atoms with Gasteiger partial charge in [-0.05, 0) is 0 Å². The number of methoxy groups -OCH3 is 1. The van der Waals surface area contributed by atoms with Crippen molar-refractivity contribution in [3.8, 4) is 28.5 Å². The Morgan fingerprint density at radius 1 is 1.17 bits per heavy atom. The van der Waals surface area contributed by atoms with Crippen LogP contribution in [0.2, 0.25) is 0 Å². The molecule has 2 bridgehead atoms. The topological polar surface area (TPSA) is 97.5 Å². The SMILES string of the molecule is COc1c(F)cccc1Nc1c2[nH]c3c1C(=O)NC[C@@H]3[I-]Oc1ccccc1COc1cnccc1-2. The van der Waals surface area contributed by atoms with E-state index in [1.165, 1.54) is 13.2 Å². The number of halogens is 2. The molecular weight excluding hydrogens is 578 g/mol. The number of amides is 1. The van der Waals surface area contributed by atoms with Crippen molar-refractivity contribution in [3.05, 3.63) is 83.6 Å². The minimum atomic E-state index is -0.857. The average molecular weight is 599 g/mol. The van der Waals surface area contributed by atoms with Gasteiger partial charge < -0.3 is 0 Å². The second-order valence-corrected chi connectivity index (χ2v) is 10.7. The summed E-state index contributed by atoms with van der Waals surface area (Å²) in [5.41, 5.74) is 4.44. The third-order valence-corrected chi connectivity index (χ3v) is 8.49. The molecule has 2 aliphatic rings. The van der Waals surface area contributed by atoms with Crippen molar-refractivity contribution in [3.63, 3.8) is 0 Å². The van der Waals surface area contributed by atoms with Crippen molar-refractivity contribution in [2.24, 2.45) is 0 Å². The molecule has 2 aromatic heterocycles. The van der Waals surface area contributed by atoms with Crippen LogP contribution in [-0.4, -0.2) is 29.5 Å². The Balaban J connectivity index is 1.56. The van der Waals surface area contributed by atoms with E-state index in [-0.39, 0.29) is 15.6 Å². The van der Waals surface area contributed by atoms with Gasteiger partial charge in [0.05, 0.1) is 0 Å². The Hall–Kier alpha value is -3.80. The fraction of sp³-hybridized carbons (Fsp3) is 0.154. The molecule has 0 spiro atoms. The number of nitrogens with one attached hydrogen (secondary N) is 3. The molecule has 1 atom stereocenters. The van der Waals surface area contributed by atoms with Crippen LogP contribution in [0, 0.1) is 5.82 Å². The second-order valence-electron chi connectivity index (χ2n) is 8.22. The molecule has 0 unspecified atom stereocenters. The molecule has 0 aliphatic carbocycles. The average Bonchev–Trinajstić information content (AvgIpc) is 3.27. The maximum atomic E-state index is 14.5. The summed E-state index contributed by atoms with van der Waals surface area (Å²) >= 11 is -0.857. The van der Waals surface area contributed by atoms with Gasteiger partial charge in [-0.2, -0.15) is 0 Å². The number of benzene rings is 2. The van der Waals surface area contributed by atoms with Crippen LogP contribution in [0.3, 0.4) is 0 Å². The molecule has 3 N–H and O–H groups in total. The molecule has 0 radical (unpaired) electrons. The van der Waals surface area contributed by atoms with Crippen LogP contribution < -0.4 is 44.8 Å². The van der Waals surface area contributed by atoms with Gasteiger partial charge in [0.2, 0.25) is 0 Å². The molecule has 0 fully saturated rings. The number of aromatic amines is 1. The number of fused-ring (bicyclic) bond motifs is 4. The van der Waals surface area contributed by atoms with Crippen LogP contribution in [0.5, 0.6) is 17.2 Å². The van der Waals surface area contributed by atoms with Gasteiger partial charge in [0, 0.05) is 0 Å². The van der Waals surface area contributed by atoms with E-state index >= 15 is 0 Å². The summed E-state index contributed by atoms with van der Waals surface area (Å²) in [4.78, 5) is 20.9. The Kier molecular flexibility index (Phi) is 5.88. The van der Waals surface area contributed by atoms with Crippen LogP contribution in [0.15, 0.2) is 60.9 Å². The number of hydrogen-bond acceptors (Lipinski definition) is 6. The summed E-state index contributed by atoms with van der Waals surface area (Å²) in [7, 11) is 1.41. The molecule has 10 heteroatoms. The fourth-order valence-corrected chi connectivity index (χ4v) is 6.50. The van der Waals surface area contributed by atoms with Gasteiger partial charge in [-0.3, -0.25) is 0 Å². The minimum absolute atomic E-state index is 0.0288. The quantitative estimate of drug-likeness (QED) is 0.245. The summed E-state index contributed by atoms with van der Waals surface area (Å²) in [6.07, 6.45) is 3.31. The number of para-hydroxylation sites is 2. The summed E-state index contributed by atoms with van der Waals surface area (Å²) in [6.45, 7) is 0.755. The molecule has 0 saturated heterocycles. The number of hydrogen-bond donors (Lipinski definition) is 3. The third-order valence-electron chi connectivity index (χ3n) is 6.09. The van der Waals surface area contributed by atoms with E-state index in [0.29, 0.717) is 41.5 Å². The number of pyridine rings is 1. The third kappa shape index (κ3) is 3.91. The van der Waals surface area contributed by atoms with E-state index in [1.807, 2.05) is 30.3 Å². The molecule has 6 rings (SSSR count). The first-order chi connectivity index (χ1) is 17.6. The zero-order valence-electron chi connectivity index (χ0n) is 19.1. The van der Waals surface area contributed by atoms with Gasteiger partial charge in [0.1, 0.15) is 0 Å². The monoisotopic (exact) mass is 599 g/mol. The van der Waals surface area contributed by atoms with Crippen molar-refractivity contribution in [2.45, 2.75) is 10.5 Å². The number of H-pyrrole nitrogens is 1. The number of ether oxygens (including phenoxy) is 2. The molecule has 4 aromatic rings. The zero-order chi connectivity index (χ0) is 24.6. The van der Waals surface area contributed by atoms with E-state index in [1.54, 1.807) is 24.5 Å². The zero-order valence-corrected chi connectivity index (χ0v) is 21.3. The number of nitrogens with zero attached hydrogens (tertiary/aromatic N) is 1. The molecule has 4 heterocycles. The van der Waals surface area contributed by atoms with E-state index in [0.717, 1.165) is 22.6 Å². The molecular formula is C26H21FIN4O4-. The van der Waals surface area contributed by atoms with Gasteiger partial charge >= 0.3 is 217 Å². The number of carbonyl (C=O) groups excluding carboxylic acids is 1. The van der Waals surface area contributed by atoms with E-state index in [4.69, 9.17) is 12.5 Å². The Bertz CT molecular complexity index is 1470. The molecule has 2 aromatic carbocycles. The maximum absolute atomic E-state index is 14.5. The van der Waals surface area contributed by atoms with Crippen LogP contribution in [0.4, 0.5) is 15.8 Å². The van der Waals surface area contributed by atoms with Gasteiger partial charge in [-0.25, -0.2) is 0 Å². The predicted octanol–water partition coefficient (Wildman–Crippen LogP) is 1.73. The van der Waals surface area contributed by atoms with E-state index < -0.39 is 27.4 Å². The van der Waals surface area contributed by atoms with Gasteiger partial charge in [0.15, 0.2) is 0 Å². The number of aromatic nitrogens is 2. The first kappa shape index (κ1) is 22.7. The Labute approximate surface area is 217 Å². The van der Waals surface area contributed by atoms with Gasteiger partial charge in [0.25, 0.3) is 0 Å². The summed E-state index contributed by atoms with van der Waals surface area (Å²) < 4.78 is 32.3. The van der Waals surface area contributed by atoms with Crippen LogP contribution >= 0.6 is 0 Å². The Morgan fingerprint density at radius 2 is 2.06 bits per heavy atom. The van der Waals surface area contributed by atoms with Crippen molar-refractivity contribution >= 4 is 17.3 Å². The van der Waals surface area contributed by atoms with Crippen LogP contribution in [0.1, 0.15) is 25.5 Å². The Morgan fingerprint density at radius 3 is 2.94 bits per heavy atom. The van der Waals surface area contributed by atoms with E-state index in [2.05, 4.69) is 20.6 Å². The molecule has 184 valence electrons.